The number of hydrogen-bond donors (Lipinski definition) is 3. The predicted octanol–water partition coefficient (Wildman–Crippen LogP) is 2.32. The van der Waals surface area contributed by atoms with Gasteiger partial charge in [-0.05, 0) is 31.0 Å². The molecule has 0 saturated carbocycles. The van der Waals surface area contributed by atoms with E-state index in [9.17, 15) is 4.79 Å². The Bertz CT molecular complexity index is 874. The van der Waals surface area contributed by atoms with E-state index in [1.165, 1.54) is 0 Å². The Kier molecular flexibility index (Phi) is 4.26. The molecule has 0 radical (unpaired) electrons. The van der Waals surface area contributed by atoms with E-state index in [2.05, 4.69) is 30.8 Å². The van der Waals surface area contributed by atoms with Crippen molar-refractivity contribution in [1.82, 2.24) is 25.5 Å². The molecule has 4 rings (SSSR count). The Morgan fingerprint density at radius 1 is 1.28 bits per heavy atom. The summed E-state index contributed by atoms with van der Waals surface area (Å²) in [6, 6.07) is 5.19. The molecule has 0 spiro atoms. The van der Waals surface area contributed by atoms with Crippen LogP contribution in [0.15, 0.2) is 36.8 Å². The van der Waals surface area contributed by atoms with Crippen LogP contribution >= 0.6 is 0 Å². The van der Waals surface area contributed by atoms with Crippen LogP contribution in [-0.2, 0) is 4.74 Å². The molecule has 25 heavy (non-hydrogen) atoms. The summed E-state index contributed by atoms with van der Waals surface area (Å²) in [7, 11) is 0. The Balaban J connectivity index is 1.46. The van der Waals surface area contributed by atoms with Gasteiger partial charge in [-0.15, -0.1) is 0 Å². The quantitative estimate of drug-likeness (QED) is 0.677. The number of nitrogens with zero attached hydrogens (tertiary/aromatic N) is 3. The van der Waals surface area contributed by atoms with E-state index in [1.54, 1.807) is 24.7 Å². The summed E-state index contributed by atoms with van der Waals surface area (Å²) >= 11 is 0. The van der Waals surface area contributed by atoms with Crippen molar-refractivity contribution in [2.75, 3.05) is 18.5 Å². The summed E-state index contributed by atoms with van der Waals surface area (Å²) in [4.78, 5) is 20.9. The summed E-state index contributed by atoms with van der Waals surface area (Å²) in [5, 5.41) is 12.3. The highest BCUT2D eigenvalue weighted by Gasteiger charge is 2.16. The topological polar surface area (TPSA) is 105 Å². The number of fused-ring (bicyclic) bond motifs is 1. The van der Waals surface area contributed by atoms with Gasteiger partial charge in [0, 0.05) is 36.7 Å². The third-order valence-electron chi connectivity index (χ3n) is 4.12. The zero-order chi connectivity index (χ0) is 17.1. The summed E-state index contributed by atoms with van der Waals surface area (Å²) < 4.78 is 5.49. The number of anilines is 1. The van der Waals surface area contributed by atoms with Crippen LogP contribution in [0.1, 0.15) is 12.8 Å². The molecular formula is C17H18N6O2. The number of amides is 2. The van der Waals surface area contributed by atoms with Crippen LogP contribution in [0.25, 0.3) is 22.2 Å². The number of H-pyrrole nitrogens is 1. The molecule has 8 heteroatoms. The van der Waals surface area contributed by atoms with Crippen molar-refractivity contribution in [1.29, 1.82) is 0 Å². The molecule has 1 fully saturated rings. The number of urea groups is 1. The van der Waals surface area contributed by atoms with Gasteiger partial charge in [-0.1, -0.05) is 0 Å². The average molecular weight is 338 g/mol. The van der Waals surface area contributed by atoms with Gasteiger partial charge < -0.3 is 10.1 Å². The zero-order valence-electron chi connectivity index (χ0n) is 13.5. The fraction of sp³-hybridized carbons (Fsp3) is 0.294. The zero-order valence-corrected chi connectivity index (χ0v) is 13.5. The smallest absolute Gasteiger partial charge is 0.320 e. The molecule has 8 nitrogen and oxygen atoms in total. The van der Waals surface area contributed by atoms with Crippen LogP contribution in [0, 0.1) is 0 Å². The molecule has 128 valence electrons. The molecule has 1 aliphatic rings. The lowest BCUT2D eigenvalue weighted by molar-refractivity contribution is 0.112. The van der Waals surface area contributed by atoms with Crippen molar-refractivity contribution in [2.45, 2.75) is 18.9 Å². The molecule has 2 amide bonds. The number of aromatic amines is 1. The van der Waals surface area contributed by atoms with Crippen molar-refractivity contribution < 1.29 is 9.53 Å². The van der Waals surface area contributed by atoms with Crippen molar-refractivity contribution in [2.24, 2.45) is 0 Å². The Morgan fingerprint density at radius 3 is 3.04 bits per heavy atom. The van der Waals surface area contributed by atoms with Gasteiger partial charge in [0.05, 0.1) is 23.3 Å². The number of ether oxygens (including phenoxy) is 1. The number of hydrogen-bond acceptors (Lipinski definition) is 5. The van der Waals surface area contributed by atoms with Gasteiger partial charge in [0.15, 0.2) is 0 Å². The minimum absolute atomic E-state index is 0.108. The van der Waals surface area contributed by atoms with Crippen molar-refractivity contribution in [3.05, 3.63) is 36.8 Å². The third kappa shape index (κ3) is 3.58. The molecule has 1 atom stereocenters. The highest BCUT2D eigenvalue weighted by Crippen LogP contribution is 2.21. The van der Waals surface area contributed by atoms with Gasteiger partial charge in [-0.25, -0.2) is 9.78 Å². The maximum atomic E-state index is 12.0. The van der Waals surface area contributed by atoms with Crippen LogP contribution in [0.3, 0.4) is 0 Å². The second kappa shape index (κ2) is 6.86. The number of pyridine rings is 2. The average Bonchev–Trinajstić information content (AvgIpc) is 3.33. The minimum Gasteiger partial charge on any atom is -0.376 e. The van der Waals surface area contributed by atoms with E-state index in [-0.39, 0.29) is 12.1 Å². The second-order valence-corrected chi connectivity index (χ2v) is 5.92. The first-order valence-electron chi connectivity index (χ1n) is 8.20. The van der Waals surface area contributed by atoms with Gasteiger partial charge in [0.25, 0.3) is 0 Å². The normalized spacial score (nSPS) is 16.9. The van der Waals surface area contributed by atoms with Crippen LogP contribution in [0.2, 0.25) is 0 Å². The van der Waals surface area contributed by atoms with Gasteiger partial charge in [-0.3, -0.25) is 15.4 Å². The molecule has 3 N–H and O–H groups in total. The number of aromatic nitrogens is 4. The molecule has 0 aliphatic carbocycles. The third-order valence-corrected chi connectivity index (χ3v) is 4.12. The Hall–Kier alpha value is -3.00. The first kappa shape index (κ1) is 15.5. The molecule has 0 aromatic carbocycles. The van der Waals surface area contributed by atoms with E-state index in [0.29, 0.717) is 17.9 Å². The summed E-state index contributed by atoms with van der Waals surface area (Å²) in [6.45, 7) is 1.28. The molecular weight excluding hydrogens is 320 g/mol. The predicted molar refractivity (Wildman–Crippen MR) is 93.1 cm³/mol. The largest absolute Gasteiger partial charge is 0.376 e. The maximum Gasteiger partial charge on any atom is 0.320 e. The highest BCUT2D eigenvalue weighted by molar-refractivity contribution is 5.90. The maximum absolute atomic E-state index is 12.0. The van der Waals surface area contributed by atoms with Gasteiger partial charge in [0.2, 0.25) is 0 Å². The van der Waals surface area contributed by atoms with E-state index < -0.39 is 0 Å². The lowest BCUT2D eigenvalue weighted by Gasteiger charge is -2.11. The minimum atomic E-state index is -0.290. The lowest BCUT2D eigenvalue weighted by atomic mass is 10.1. The first-order valence-corrected chi connectivity index (χ1v) is 8.20. The summed E-state index contributed by atoms with van der Waals surface area (Å²) in [5.41, 5.74) is 3.31. The van der Waals surface area contributed by atoms with Crippen LogP contribution < -0.4 is 10.6 Å². The number of nitrogens with one attached hydrogen (secondary N) is 3. The molecule has 4 heterocycles. The van der Waals surface area contributed by atoms with Gasteiger partial charge >= 0.3 is 6.03 Å². The van der Waals surface area contributed by atoms with E-state index in [0.717, 1.165) is 36.1 Å². The monoisotopic (exact) mass is 338 g/mol. The fourth-order valence-corrected chi connectivity index (χ4v) is 2.82. The summed E-state index contributed by atoms with van der Waals surface area (Å²) in [5.74, 6) is 0.475. The van der Waals surface area contributed by atoms with Gasteiger partial charge in [0.1, 0.15) is 5.82 Å². The van der Waals surface area contributed by atoms with E-state index in [1.807, 2.05) is 12.1 Å². The highest BCUT2D eigenvalue weighted by atomic mass is 16.5. The molecule has 3 aromatic heterocycles. The van der Waals surface area contributed by atoms with Crippen LogP contribution in [0.4, 0.5) is 10.6 Å². The van der Waals surface area contributed by atoms with Crippen LogP contribution in [0.5, 0.6) is 0 Å². The summed E-state index contributed by atoms with van der Waals surface area (Å²) in [6.07, 6.45) is 7.43. The molecule has 0 unspecified atom stereocenters. The van der Waals surface area contributed by atoms with E-state index in [4.69, 9.17) is 4.74 Å². The molecule has 1 aliphatic heterocycles. The SMILES string of the molecule is O=C(NC[C@@H]1CCCO1)Nc1ccc2ncc(-c3cn[nH]c3)cc2n1. The number of carbonyl (C=O) groups excluding carboxylic acids is 1. The molecule has 1 saturated heterocycles. The van der Waals surface area contributed by atoms with Crippen molar-refractivity contribution in [3.63, 3.8) is 0 Å². The molecule has 0 bridgehead atoms. The number of carbonyl (C=O) groups is 1. The first-order chi connectivity index (χ1) is 12.3. The van der Waals surface area contributed by atoms with Crippen molar-refractivity contribution in [3.8, 4) is 11.1 Å². The number of rotatable bonds is 4. The molecule has 3 aromatic rings. The Morgan fingerprint density at radius 2 is 2.24 bits per heavy atom. The standard InChI is InChI=1S/C17H18N6O2/c24-17(19-10-13-2-1-5-25-13)23-16-4-3-14-15(22-16)6-11(7-18-14)12-8-20-21-9-12/h3-4,6-9,13H,1-2,5,10H2,(H,20,21)(H2,19,22,23,24)/t13-/m0/s1. The van der Waals surface area contributed by atoms with E-state index >= 15 is 0 Å². The van der Waals surface area contributed by atoms with Gasteiger partial charge in [-0.2, -0.15) is 5.10 Å². The lowest BCUT2D eigenvalue weighted by Crippen LogP contribution is -2.35. The second-order valence-electron chi connectivity index (χ2n) is 5.92. The van der Waals surface area contributed by atoms with Crippen LogP contribution in [-0.4, -0.2) is 45.5 Å². The Labute approximate surface area is 144 Å². The van der Waals surface area contributed by atoms with Crippen molar-refractivity contribution >= 4 is 22.9 Å². The fourth-order valence-electron chi connectivity index (χ4n) is 2.82.